The number of aliphatic hydroxyl groups is 1. The Hall–Kier alpha value is -5.82. The third kappa shape index (κ3) is 12.3. The maximum Gasteiger partial charge on any atom is 0.405 e. The van der Waals surface area contributed by atoms with Crippen LogP contribution in [0.3, 0.4) is 0 Å². The van der Waals surface area contributed by atoms with E-state index in [0.29, 0.717) is 32.5 Å². The number of aliphatic hydroxyl groups excluding tert-OH is 1. The van der Waals surface area contributed by atoms with Gasteiger partial charge < -0.3 is 36.0 Å². The SMILES string of the molecule is CCC(C)C(C(=O)NC(Cc1ccccc1)CC(O)C(Cc1ccc(-c2ccccn2)cc1)NC(=O)C(NC(=O)O)C(C)(C)C)N1CCN(Cc2cccc(C)n2)C1=O. The Bertz CT molecular complexity index is 2010. The molecule has 1 aliphatic heterocycles. The molecule has 0 saturated carbocycles. The fraction of sp³-hybridized carbons (Fsp3) is 0.435. The Kier molecular flexibility index (Phi) is 15.2. The summed E-state index contributed by atoms with van der Waals surface area (Å²) < 4.78 is 0. The number of carboxylic acid groups (broad SMARTS) is 1. The first kappa shape index (κ1) is 44.3. The molecule has 0 bridgehead atoms. The van der Waals surface area contributed by atoms with E-state index in [1.54, 1.807) is 36.8 Å². The quantitative estimate of drug-likeness (QED) is 0.0815. The van der Waals surface area contributed by atoms with E-state index >= 15 is 0 Å². The molecule has 4 aromatic rings. The summed E-state index contributed by atoms with van der Waals surface area (Å²) in [6.45, 7) is 12.3. The Morgan fingerprint density at radius 3 is 2.15 bits per heavy atom. The van der Waals surface area contributed by atoms with E-state index in [9.17, 15) is 29.4 Å². The standard InChI is InChI=1S/C46H59N7O6/c1-7-30(2)40(53-25-24-52(45(53)59)29-35-17-13-14-31(3)48-35)42(55)49-36(26-32-15-9-8-10-16-32)28-39(54)38(50-43(56)41(46(4,5)6)51-44(57)58)27-33-19-21-34(22-20-33)37-18-11-12-23-47-37/h8-23,30,36,38-41,51,54H,7,24-29H2,1-6H3,(H,49,55)(H,50,56)(H,57,58). The van der Waals surface area contributed by atoms with Crippen LogP contribution in [0.15, 0.2) is 97.2 Å². The molecular weight excluding hydrogens is 747 g/mol. The highest BCUT2D eigenvalue weighted by Gasteiger charge is 2.41. The van der Waals surface area contributed by atoms with Gasteiger partial charge in [0, 0.05) is 36.6 Å². The fourth-order valence-electron chi connectivity index (χ4n) is 7.60. The zero-order chi connectivity index (χ0) is 42.7. The van der Waals surface area contributed by atoms with Gasteiger partial charge >= 0.3 is 12.1 Å². The first-order valence-electron chi connectivity index (χ1n) is 20.4. The molecule has 59 heavy (non-hydrogen) atoms. The number of benzene rings is 2. The van der Waals surface area contributed by atoms with Crippen molar-refractivity contribution in [2.45, 2.75) is 104 Å². The molecule has 6 atom stereocenters. The molecule has 0 spiro atoms. The molecule has 1 fully saturated rings. The number of carbonyl (C=O) groups excluding carboxylic acids is 3. The number of hydrogen-bond acceptors (Lipinski definition) is 7. The summed E-state index contributed by atoms with van der Waals surface area (Å²) in [6, 6.07) is 25.1. The molecule has 5 rings (SSSR count). The van der Waals surface area contributed by atoms with Gasteiger partial charge in [0.15, 0.2) is 0 Å². The Labute approximate surface area is 347 Å². The number of pyridine rings is 2. The molecular formula is C46H59N7O6. The van der Waals surface area contributed by atoms with Gasteiger partial charge in [0.05, 0.1) is 30.1 Å². The van der Waals surface area contributed by atoms with E-state index in [0.717, 1.165) is 33.8 Å². The van der Waals surface area contributed by atoms with Crippen LogP contribution in [0.25, 0.3) is 11.3 Å². The number of urea groups is 1. The Morgan fingerprint density at radius 1 is 0.831 bits per heavy atom. The summed E-state index contributed by atoms with van der Waals surface area (Å²) in [5, 5.41) is 30.3. The highest BCUT2D eigenvalue weighted by atomic mass is 16.4. The summed E-state index contributed by atoms with van der Waals surface area (Å²) in [4.78, 5) is 66.4. The minimum absolute atomic E-state index is 0.0521. The van der Waals surface area contributed by atoms with E-state index in [2.05, 4.69) is 25.9 Å². The van der Waals surface area contributed by atoms with Gasteiger partial charge in [-0.2, -0.15) is 0 Å². The van der Waals surface area contributed by atoms with E-state index in [4.69, 9.17) is 0 Å². The molecule has 13 nitrogen and oxygen atoms in total. The largest absolute Gasteiger partial charge is 0.465 e. The maximum atomic E-state index is 14.5. The van der Waals surface area contributed by atoms with Gasteiger partial charge in [0.2, 0.25) is 11.8 Å². The van der Waals surface area contributed by atoms with Crippen molar-refractivity contribution in [1.82, 2.24) is 35.7 Å². The molecule has 5 amide bonds. The van der Waals surface area contributed by atoms with Crippen LogP contribution in [0, 0.1) is 18.3 Å². The van der Waals surface area contributed by atoms with Crippen molar-refractivity contribution in [2.24, 2.45) is 11.3 Å². The monoisotopic (exact) mass is 805 g/mol. The maximum absolute atomic E-state index is 14.5. The number of rotatable bonds is 18. The van der Waals surface area contributed by atoms with Crippen LogP contribution in [0.4, 0.5) is 9.59 Å². The summed E-state index contributed by atoms with van der Waals surface area (Å²) in [5.41, 5.74) is 4.33. The predicted octanol–water partition coefficient (Wildman–Crippen LogP) is 5.99. The van der Waals surface area contributed by atoms with Gasteiger partial charge in [-0.05, 0) is 72.9 Å². The highest BCUT2D eigenvalue weighted by Crippen LogP contribution is 2.25. The first-order chi connectivity index (χ1) is 28.1. The van der Waals surface area contributed by atoms with Crippen molar-refractivity contribution in [2.75, 3.05) is 13.1 Å². The molecule has 0 radical (unpaired) electrons. The topological polar surface area (TPSA) is 177 Å². The number of nitrogens with zero attached hydrogens (tertiary/aromatic N) is 4. The number of amides is 5. The van der Waals surface area contributed by atoms with Crippen LogP contribution in [0.2, 0.25) is 0 Å². The molecule has 1 saturated heterocycles. The lowest BCUT2D eigenvalue weighted by atomic mass is 9.85. The summed E-state index contributed by atoms with van der Waals surface area (Å²) in [6.07, 6.45) is 0.503. The van der Waals surface area contributed by atoms with Crippen LogP contribution in [-0.2, 0) is 29.0 Å². The van der Waals surface area contributed by atoms with E-state index in [1.807, 2.05) is 112 Å². The van der Waals surface area contributed by atoms with Gasteiger partial charge in [-0.1, -0.05) is 108 Å². The average molecular weight is 806 g/mol. The molecule has 0 aliphatic carbocycles. The Balaban J connectivity index is 1.41. The Morgan fingerprint density at radius 2 is 1.53 bits per heavy atom. The van der Waals surface area contributed by atoms with Crippen LogP contribution < -0.4 is 16.0 Å². The second-order valence-electron chi connectivity index (χ2n) is 16.7. The number of carbonyl (C=O) groups is 4. The molecule has 6 unspecified atom stereocenters. The van der Waals surface area contributed by atoms with Crippen LogP contribution >= 0.6 is 0 Å². The number of hydrogen-bond donors (Lipinski definition) is 5. The zero-order valence-corrected chi connectivity index (χ0v) is 35.0. The van der Waals surface area contributed by atoms with Crippen molar-refractivity contribution in [3.63, 3.8) is 0 Å². The molecule has 5 N–H and O–H groups in total. The number of aromatic nitrogens is 2. The zero-order valence-electron chi connectivity index (χ0n) is 35.0. The number of aryl methyl sites for hydroxylation is 1. The fourth-order valence-corrected chi connectivity index (χ4v) is 7.60. The normalized spacial score (nSPS) is 16.1. The lowest BCUT2D eigenvalue weighted by Gasteiger charge is -2.35. The van der Waals surface area contributed by atoms with E-state index < -0.39 is 47.7 Å². The second-order valence-corrected chi connectivity index (χ2v) is 16.7. The van der Waals surface area contributed by atoms with Crippen molar-refractivity contribution in [3.05, 3.63) is 120 Å². The van der Waals surface area contributed by atoms with Crippen molar-refractivity contribution >= 4 is 23.9 Å². The third-order valence-corrected chi connectivity index (χ3v) is 11.0. The lowest BCUT2D eigenvalue weighted by Crippen LogP contribution is -2.58. The lowest BCUT2D eigenvalue weighted by molar-refractivity contribution is -0.129. The van der Waals surface area contributed by atoms with Crippen LogP contribution in [0.1, 0.15) is 70.0 Å². The van der Waals surface area contributed by atoms with Gasteiger partial charge in [-0.3, -0.25) is 19.6 Å². The van der Waals surface area contributed by atoms with Gasteiger partial charge in [0.25, 0.3) is 0 Å². The van der Waals surface area contributed by atoms with Crippen LogP contribution in [-0.4, -0.2) is 97.3 Å². The minimum Gasteiger partial charge on any atom is -0.465 e. The summed E-state index contributed by atoms with van der Waals surface area (Å²) in [5.74, 6) is -1.07. The van der Waals surface area contributed by atoms with Gasteiger partial charge in [0.1, 0.15) is 12.1 Å². The predicted molar refractivity (Wildman–Crippen MR) is 227 cm³/mol. The minimum atomic E-state index is -1.34. The van der Waals surface area contributed by atoms with Crippen molar-refractivity contribution in [3.8, 4) is 11.3 Å². The molecule has 314 valence electrons. The molecule has 1 aliphatic rings. The van der Waals surface area contributed by atoms with Crippen molar-refractivity contribution in [1.29, 1.82) is 0 Å². The molecule has 3 heterocycles. The second kappa shape index (κ2) is 20.2. The number of nitrogens with one attached hydrogen (secondary N) is 3. The van der Waals surface area contributed by atoms with Gasteiger partial charge in [-0.25, -0.2) is 9.59 Å². The first-order valence-corrected chi connectivity index (χ1v) is 20.4. The van der Waals surface area contributed by atoms with Gasteiger partial charge in [-0.15, -0.1) is 0 Å². The van der Waals surface area contributed by atoms with E-state index in [-0.39, 0.29) is 30.7 Å². The van der Waals surface area contributed by atoms with Crippen molar-refractivity contribution < 1.29 is 29.4 Å². The third-order valence-electron chi connectivity index (χ3n) is 11.0. The smallest absolute Gasteiger partial charge is 0.405 e. The summed E-state index contributed by atoms with van der Waals surface area (Å²) >= 11 is 0. The van der Waals surface area contributed by atoms with Crippen LogP contribution in [0.5, 0.6) is 0 Å². The van der Waals surface area contributed by atoms with E-state index in [1.165, 1.54) is 0 Å². The average Bonchev–Trinajstić information content (AvgIpc) is 3.55. The molecule has 2 aromatic carbocycles. The highest BCUT2D eigenvalue weighted by molar-refractivity contribution is 5.88. The molecule has 2 aromatic heterocycles. The summed E-state index contributed by atoms with van der Waals surface area (Å²) in [7, 11) is 0. The molecule has 13 heteroatoms.